The summed E-state index contributed by atoms with van der Waals surface area (Å²) >= 11 is 0. The maximum absolute atomic E-state index is 5.65. The van der Waals surface area contributed by atoms with E-state index in [0.29, 0.717) is 6.61 Å². The molecule has 15 heavy (non-hydrogen) atoms. The molecule has 1 heteroatoms. The molecule has 2 aromatic rings. The summed E-state index contributed by atoms with van der Waals surface area (Å²) in [6, 6.07) is 14.3. The van der Waals surface area contributed by atoms with Gasteiger partial charge in [0.2, 0.25) is 0 Å². The topological polar surface area (TPSA) is 9.23 Å². The van der Waals surface area contributed by atoms with Crippen molar-refractivity contribution in [3.8, 4) is 5.75 Å². The van der Waals surface area contributed by atoms with E-state index in [0.717, 1.165) is 17.6 Å². The maximum Gasteiger partial charge on any atom is 0.127 e. The summed E-state index contributed by atoms with van der Waals surface area (Å²) in [6.07, 6.45) is 2.38. The Hall–Kier alpha value is -1.76. The van der Waals surface area contributed by atoms with Gasteiger partial charge in [0.25, 0.3) is 0 Å². The molecule has 1 nitrogen and oxygen atoms in total. The standard InChI is InChI=1S/C14H13O/c1-2-3-11-15-14-10-6-8-12-7-4-5-9-13(12)14/h1-2,4-10H,3,11H2. The van der Waals surface area contributed by atoms with E-state index in [1.54, 1.807) is 6.08 Å². The van der Waals surface area contributed by atoms with E-state index >= 15 is 0 Å². The van der Waals surface area contributed by atoms with Crippen LogP contribution in [0.5, 0.6) is 5.75 Å². The average Bonchev–Trinajstić information content (AvgIpc) is 2.30. The zero-order valence-corrected chi connectivity index (χ0v) is 8.52. The highest BCUT2D eigenvalue weighted by Crippen LogP contribution is 2.25. The van der Waals surface area contributed by atoms with E-state index in [4.69, 9.17) is 11.3 Å². The van der Waals surface area contributed by atoms with Crippen molar-refractivity contribution in [1.29, 1.82) is 0 Å². The highest BCUT2D eigenvalue weighted by Gasteiger charge is 1.99. The van der Waals surface area contributed by atoms with Crippen molar-refractivity contribution in [3.63, 3.8) is 0 Å². The van der Waals surface area contributed by atoms with Gasteiger partial charge in [0.1, 0.15) is 5.75 Å². The molecule has 0 N–H and O–H groups in total. The molecule has 0 bridgehead atoms. The van der Waals surface area contributed by atoms with Crippen LogP contribution in [0.2, 0.25) is 0 Å². The SMILES string of the molecule is [CH]=CCCOc1cccc2ccccc12. The summed E-state index contributed by atoms with van der Waals surface area (Å²) < 4.78 is 5.65. The highest BCUT2D eigenvalue weighted by atomic mass is 16.5. The summed E-state index contributed by atoms with van der Waals surface area (Å²) in [5.41, 5.74) is 0. The molecule has 0 atom stereocenters. The molecule has 0 aliphatic heterocycles. The molecule has 0 heterocycles. The van der Waals surface area contributed by atoms with Crippen LogP contribution in [0.4, 0.5) is 0 Å². The summed E-state index contributed by atoms with van der Waals surface area (Å²) in [5.74, 6) is 0.926. The van der Waals surface area contributed by atoms with E-state index in [2.05, 4.69) is 18.2 Å². The van der Waals surface area contributed by atoms with Crippen molar-refractivity contribution in [2.75, 3.05) is 6.61 Å². The summed E-state index contributed by atoms with van der Waals surface area (Å²) in [4.78, 5) is 0. The summed E-state index contributed by atoms with van der Waals surface area (Å²) in [5, 5.41) is 2.35. The molecule has 0 aliphatic carbocycles. The smallest absolute Gasteiger partial charge is 0.127 e. The lowest BCUT2D eigenvalue weighted by Gasteiger charge is -2.07. The molecular weight excluding hydrogens is 184 g/mol. The lowest BCUT2D eigenvalue weighted by molar-refractivity contribution is 0.329. The number of rotatable bonds is 4. The number of hydrogen-bond donors (Lipinski definition) is 0. The molecule has 0 aliphatic rings. The molecule has 0 saturated heterocycles. The van der Waals surface area contributed by atoms with E-state index in [-0.39, 0.29) is 0 Å². The lowest BCUT2D eigenvalue weighted by atomic mass is 10.1. The fourth-order valence-electron chi connectivity index (χ4n) is 1.56. The largest absolute Gasteiger partial charge is 0.493 e. The quantitative estimate of drug-likeness (QED) is 0.680. The van der Waals surface area contributed by atoms with E-state index in [9.17, 15) is 0 Å². The van der Waals surface area contributed by atoms with Crippen molar-refractivity contribution < 1.29 is 4.74 Å². The Morgan fingerprint density at radius 3 is 2.73 bits per heavy atom. The van der Waals surface area contributed by atoms with Gasteiger partial charge in [0, 0.05) is 5.39 Å². The minimum atomic E-state index is 0.629. The first-order valence-corrected chi connectivity index (χ1v) is 5.06. The molecule has 2 rings (SSSR count). The molecule has 0 spiro atoms. The van der Waals surface area contributed by atoms with Gasteiger partial charge in [-0.15, -0.1) is 0 Å². The van der Waals surface area contributed by atoms with Crippen LogP contribution in [0.15, 0.2) is 48.5 Å². The Balaban J connectivity index is 2.30. The van der Waals surface area contributed by atoms with Crippen LogP contribution in [0.25, 0.3) is 10.8 Å². The Morgan fingerprint density at radius 2 is 1.87 bits per heavy atom. The van der Waals surface area contributed by atoms with E-state index in [1.807, 2.05) is 24.3 Å². The molecule has 1 radical (unpaired) electrons. The molecule has 2 aromatic carbocycles. The fraction of sp³-hybridized carbons (Fsp3) is 0.143. The molecule has 0 amide bonds. The first-order valence-electron chi connectivity index (χ1n) is 5.06. The van der Waals surface area contributed by atoms with E-state index < -0.39 is 0 Å². The van der Waals surface area contributed by atoms with E-state index in [1.165, 1.54) is 5.39 Å². The predicted molar refractivity (Wildman–Crippen MR) is 62.9 cm³/mol. The normalized spacial score (nSPS) is 10.1. The third-order valence-electron chi connectivity index (χ3n) is 2.29. The van der Waals surface area contributed by atoms with Gasteiger partial charge in [0.15, 0.2) is 0 Å². The third kappa shape index (κ3) is 2.18. The average molecular weight is 197 g/mol. The zero-order chi connectivity index (χ0) is 10.5. The third-order valence-corrected chi connectivity index (χ3v) is 2.29. The van der Waals surface area contributed by atoms with Gasteiger partial charge in [-0.2, -0.15) is 0 Å². The molecule has 0 unspecified atom stereocenters. The number of ether oxygens (including phenoxy) is 1. The van der Waals surface area contributed by atoms with Gasteiger partial charge < -0.3 is 4.74 Å². The number of hydrogen-bond acceptors (Lipinski definition) is 1. The van der Waals surface area contributed by atoms with Crippen LogP contribution >= 0.6 is 0 Å². The molecule has 0 aromatic heterocycles. The van der Waals surface area contributed by atoms with Crippen LogP contribution in [0.1, 0.15) is 6.42 Å². The van der Waals surface area contributed by atoms with Crippen LogP contribution in [0.3, 0.4) is 0 Å². The second-order valence-electron chi connectivity index (χ2n) is 3.35. The Morgan fingerprint density at radius 1 is 1.07 bits per heavy atom. The molecule has 75 valence electrons. The first kappa shape index (κ1) is 9.78. The summed E-state index contributed by atoms with van der Waals surface area (Å²) in [7, 11) is 0. The second-order valence-corrected chi connectivity index (χ2v) is 3.35. The van der Waals surface area contributed by atoms with Crippen LogP contribution in [-0.4, -0.2) is 6.61 Å². The fourth-order valence-corrected chi connectivity index (χ4v) is 1.56. The van der Waals surface area contributed by atoms with Gasteiger partial charge in [-0.3, -0.25) is 0 Å². The van der Waals surface area contributed by atoms with Crippen molar-refractivity contribution in [2.24, 2.45) is 0 Å². The summed E-state index contributed by atoms with van der Waals surface area (Å²) in [6.45, 7) is 5.93. The Bertz CT molecular complexity index is 454. The van der Waals surface area contributed by atoms with Crippen molar-refractivity contribution in [1.82, 2.24) is 0 Å². The predicted octanol–water partition coefficient (Wildman–Crippen LogP) is 3.60. The van der Waals surface area contributed by atoms with Gasteiger partial charge in [-0.1, -0.05) is 49.1 Å². The van der Waals surface area contributed by atoms with Gasteiger partial charge in [-0.05, 0) is 17.9 Å². The Kier molecular flexibility index (Phi) is 3.03. The van der Waals surface area contributed by atoms with Crippen LogP contribution < -0.4 is 4.74 Å². The molecule has 0 saturated carbocycles. The number of fused-ring (bicyclic) bond motifs is 1. The minimum Gasteiger partial charge on any atom is -0.493 e. The minimum absolute atomic E-state index is 0.629. The number of benzene rings is 2. The van der Waals surface area contributed by atoms with Crippen molar-refractivity contribution in [3.05, 3.63) is 55.1 Å². The van der Waals surface area contributed by atoms with Gasteiger partial charge in [-0.25, -0.2) is 0 Å². The monoisotopic (exact) mass is 197 g/mol. The molecule has 0 fully saturated rings. The van der Waals surface area contributed by atoms with Crippen LogP contribution in [0, 0.1) is 6.58 Å². The maximum atomic E-state index is 5.65. The highest BCUT2D eigenvalue weighted by molar-refractivity contribution is 5.88. The van der Waals surface area contributed by atoms with Gasteiger partial charge >= 0.3 is 0 Å². The second kappa shape index (κ2) is 4.65. The van der Waals surface area contributed by atoms with Gasteiger partial charge in [0.05, 0.1) is 6.61 Å². The molecular formula is C14H13O. The zero-order valence-electron chi connectivity index (χ0n) is 8.52. The van der Waals surface area contributed by atoms with Crippen molar-refractivity contribution >= 4 is 10.8 Å². The Labute approximate surface area is 90.0 Å². The van der Waals surface area contributed by atoms with Crippen LogP contribution in [-0.2, 0) is 0 Å². The first-order chi connectivity index (χ1) is 7.42. The van der Waals surface area contributed by atoms with Crippen molar-refractivity contribution in [2.45, 2.75) is 6.42 Å². The lowest BCUT2D eigenvalue weighted by Crippen LogP contribution is -1.95.